The second-order valence-electron chi connectivity index (χ2n) is 4.88. The predicted molar refractivity (Wildman–Crippen MR) is 74.3 cm³/mol. The number of nitrogens with zero attached hydrogens (tertiary/aromatic N) is 2. The highest BCUT2D eigenvalue weighted by Crippen LogP contribution is 2.27. The molecule has 1 aliphatic rings. The maximum Gasteiger partial charge on any atom is 0.138 e. The van der Waals surface area contributed by atoms with Crippen LogP contribution >= 0.6 is 0 Å². The van der Waals surface area contributed by atoms with E-state index >= 15 is 0 Å². The Labute approximate surface area is 112 Å². The highest BCUT2D eigenvalue weighted by Gasteiger charge is 2.19. The number of furan rings is 1. The van der Waals surface area contributed by atoms with Crippen molar-refractivity contribution >= 4 is 5.69 Å². The highest BCUT2D eigenvalue weighted by atomic mass is 16.3. The number of hydrogen-bond acceptors (Lipinski definition) is 4. The van der Waals surface area contributed by atoms with E-state index in [0.29, 0.717) is 5.75 Å². The van der Waals surface area contributed by atoms with Crippen molar-refractivity contribution in [3.63, 3.8) is 0 Å². The molecule has 0 atom stereocenters. The second kappa shape index (κ2) is 5.36. The van der Waals surface area contributed by atoms with E-state index in [9.17, 15) is 5.11 Å². The summed E-state index contributed by atoms with van der Waals surface area (Å²) in [5.41, 5.74) is 2.15. The number of aromatic hydroxyl groups is 1. The van der Waals surface area contributed by atoms with Gasteiger partial charge in [0.15, 0.2) is 0 Å². The maximum absolute atomic E-state index is 9.87. The summed E-state index contributed by atoms with van der Waals surface area (Å²) >= 11 is 0. The lowest BCUT2D eigenvalue weighted by Gasteiger charge is -2.36. The fourth-order valence-corrected chi connectivity index (χ4v) is 2.52. The number of para-hydroxylation sites is 2. The van der Waals surface area contributed by atoms with Crippen molar-refractivity contribution < 1.29 is 9.52 Å². The molecule has 0 saturated carbocycles. The van der Waals surface area contributed by atoms with Crippen LogP contribution in [0.25, 0.3) is 0 Å². The van der Waals surface area contributed by atoms with Gasteiger partial charge in [0, 0.05) is 38.3 Å². The van der Waals surface area contributed by atoms with Gasteiger partial charge >= 0.3 is 0 Å². The molecular weight excluding hydrogens is 240 g/mol. The first-order valence-electron chi connectivity index (χ1n) is 6.59. The topological polar surface area (TPSA) is 39.9 Å². The van der Waals surface area contributed by atoms with Crippen LogP contribution in [0, 0.1) is 0 Å². The zero-order chi connectivity index (χ0) is 13.1. The van der Waals surface area contributed by atoms with Crippen molar-refractivity contribution in [3.05, 3.63) is 48.4 Å². The minimum Gasteiger partial charge on any atom is -0.506 e. The molecule has 0 radical (unpaired) electrons. The van der Waals surface area contributed by atoms with Crippen molar-refractivity contribution in [1.82, 2.24) is 4.90 Å². The van der Waals surface area contributed by atoms with Crippen LogP contribution in [0.1, 0.15) is 5.56 Å². The zero-order valence-corrected chi connectivity index (χ0v) is 10.8. The first-order valence-corrected chi connectivity index (χ1v) is 6.59. The van der Waals surface area contributed by atoms with Gasteiger partial charge in [-0.15, -0.1) is 0 Å². The SMILES string of the molecule is Oc1ccccc1N1CCN(Cc2ccoc2)CC1. The van der Waals surface area contributed by atoms with Gasteiger partial charge in [0.1, 0.15) is 5.75 Å². The Kier molecular flexibility index (Phi) is 3.42. The van der Waals surface area contributed by atoms with E-state index in [2.05, 4.69) is 9.80 Å². The van der Waals surface area contributed by atoms with Crippen molar-refractivity contribution in [2.75, 3.05) is 31.1 Å². The molecule has 19 heavy (non-hydrogen) atoms. The van der Waals surface area contributed by atoms with Crippen molar-refractivity contribution in [1.29, 1.82) is 0 Å². The molecule has 4 heteroatoms. The van der Waals surface area contributed by atoms with E-state index in [1.165, 1.54) is 5.56 Å². The van der Waals surface area contributed by atoms with E-state index in [1.807, 2.05) is 24.3 Å². The van der Waals surface area contributed by atoms with Crippen LogP contribution < -0.4 is 4.90 Å². The van der Waals surface area contributed by atoms with Gasteiger partial charge in [-0.2, -0.15) is 0 Å². The summed E-state index contributed by atoms with van der Waals surface area (Å²) in [6.45, 7) is 4.81. The zero-order valence-electron chi connectivity index (χ0n) is 10.8. The summed E-state index contributed by atoms with van der Waals surface area (Å²) in [4.78, 5) is 4.64. The second-order valence-corrected chi connectivity index (χ2v) is 4.88. The number of hydrogen-bond donors (Lipinski definition) is 1. The quantitative estimate of drug-likeness (QED) is 0.917. The van der Waals surface area contributed by atoms with Crippen LogP contribution in [-0.4, -0.2) is 36.2 Å². The van der Waals surface area contributed by atoms with Gasteiger partial charge in [-0.3, -0.25) is 4.90 Å². The minimum absolute atomic E-state index is 0.366. The van der Waals surface area contributed by atoms with E-state index < -0.39 is 0 Å². The molecule has 1 saturated heterocycles. The number of rotatable bonds is 3. The summed E-state index contributed by atoms with van der Waals surface area (Å²) in [6.07, 6.45) is 3.52. The minimum atomic E-state index is 0.366. The van der Waals surface area contributed by atoms with Gasteiger partial charge in [0.25, 0.3) is 0 Å². The monoisotopic (exact) mass is 258 g/mol. The van der Waals surface area contributed by atoms with Crippen molar-refractivity contribution in [2.45, 2.75) is 6.54 Å². The molecule has 3 rings (SSSR count). The number of piperazine rings is 1. The number of phenols is 1. The van der Waals surface area contributed by atoms with Crippen LogP contribution in [0.15, 0.2) is 47.3 Å². The summed E-state index contributed by atoms with van der Waals surface area (Å²) in [5, 5.41) is 9.87. The lowest BCUT2D eigenvalue weighted by molar-refractivity contribution is 0.248. The van der Waals surface area contributed by atoms with Crippen LogP contribution in [0.5, 0.6) is 5.75 Å². The van der Waals surface area contributed by atoms with E-state index in [4.69, 9.17) is 4.42 Å². The van der Waals surface area contributed by atoms with Gasteiger partial charge in [-0.05, 0) is 18.2 Å². The molecule has 2 heterocycles. The van der Waals surface area contributed by atoms with Crippen LogP contribution in [0.4, 0.5) is 5.69 Å². The third-order valence-corrected chi connectivity index (χ3v) is 3.58. The molecule has 0 spiro atoms. The van der Waals surface area contributed by atoms with Gasteiger partial charge in [-0.1, -0.05) is 12.1 Å². The largest absolute Gasteiger partial charge is 0.506 e. The summed E-state index contributed by atoms with van der Waals surface area (Å²) in [6, 6.07) is 9.55. The van der Waals surface area contributed by atoms with Gasteiger partial charge in [0.2, 0.25) is 0 Å². The fourth-order valence-electron chi connectivity index (χ4n) is 2.52. The molecule has 100 valence electrons. The molecule has 1 N–H and O–H groups in total. The molecule has 4 nitrogen and oxygen atoms in total. The number of benzene rings is 1. The summed E-state index contributed by atoms with van der Waals surface area (Å²) in [7, 11) is 0. The fraction of sp³-hybridized carbons (Fsp3) is 0.333. The molecule has 0 amide bonds. The predicted octanol–water partition coefficient (Wildman–Crippen LogP) is 2.31. The molecule has 0 aliphatic carbocycles. The molecular formula is C15H18N2O2. The lowest BCUT2D eigenvalue weighted by atomic mass is 10.2. The van der Waals surface area contributed by atoms with Gasteiger partial charge < -0.3 is 14.4 Å². The average Bonchev–Trinajstić information content (AvgIpc) is 2.93. The molecule has 1 aromatic heterocycles. The summed E-state index contributed by atoms with van der Waals surface area (Å²) in [5.74, 6) is 0.366. The Bertz CT molecular complexity index is 517. The highest BCUT2D eigenvalue weighted by molar-refractivity contribution is 5.57. The standard InChI is InChI=1S/C15H18N2O2/c18-15-4-2-1-3-14(15)17-8-6-16(7-9-17)11-13-5-10-19-12-13/h1-5,10,12,18H,6-9,11H2. The van der Waals surface area contributed by atoms with E-state index in [0.717, 1.165) is 38.4 Å². The normalized spacial score (nSPS) is 16.7. The Morgan fingerprint density at radius 3 is 2.53 bits per heavy atom. The van der Waals surface area contributed by atoms with E-state index in [1.54, 1.807) is 18.6 Å². The Morgan fingerprint density at radius 1 is 1.05 bits per heavy atom. The average molecular weight is 258 g/mol. The maximum atomic E-state index is 9.87. The molecule has 2 aromatic rings. The third-order valence-electron chi connectivity index (χ3n) is 3.58. The summed E-state index contributed by atoms with van der Waals surface area (Å²) < 4.78 is 5.09. The van der Waals surface area contributed by atoms with Crippen molar-refractivity contribution in [3.8, 4) is 5.75 Å². The van der Waals surface area contributed by atoms with Crippen molar-refractivity contribution in [2.24, 2.45) is 0 Å². The molecule has 1 fully saturated rings. The first kappa shape index (κ1) is 12.1. The van der Waals surface area contributed by atoms with Gasteiger partial charge in [-0.25, -0.2) is 0 Å². The van der Waals surface area contributed by atoms with Crippen LogP contribution in [-0.2, 0) is 6.54 Å². The Balaban J connectivity index is 1.59. The molecule has 1 aromatic carbocycles. The smallest absolute Gasteiger partial charge is 0.138 e. The number of anilines is 1. The van der Waals surface area contributed by atoms with Crippen LogP contribution in [0.3, 0.4) is 0 Å². The van der Waals surface area contributed by atoms with Gasteiger partial charge in [0.05, 0.1) is 18.2 Å². The first-order chi connectivity index (χ1) is 9.33. The number of phenolic OH excluding ortho intramolecular Hbond substituents is 1. The Morgan fingerprint density at radius 2 is 1.84 bits per heavy atom. The molecule has 0 unspecified atom stereocenters. The lowest BCUT2D eigenvalue weighted by Crippen LogP contribution is -2.45. The van der Waals surface area contributed by atoms with Crippen LogP contribution in [0.2, 0.25) is 0 Å². The Hall–Kier alpha value is -1.94. The van der Waals surface area contributed by atoms with E-state index in [-0.39, 0.29) is 0 Å². The molecule has 1 aliphatic heterocycles. The molecule has 0 bridgehead atoms. The third kappa shape index (κ3) is 2.74.